The second-order valence-corrected chi connectivity index (χ2v) is 5.10. The lowest BCUT2D eigenvalue weighted by Crippen LogP contribution is -1.96. The van der Waals surface area contributed by atoms with E-state index in [0.717, 1.165) is 16.5 Å². The number of rotatable bonds is 4. The first-order valence-corrected chi connectivity index (χ1v) is 6.50. The molecule has 0 saturated heterocycles. The Kier molecular flexibility index (Phi) is 3.62. The summed E-state index contributed by atoms with van der Waals surface area (Å²) >= 11 is 1.54. The van der Waals surface area contributed by atoms with Crippen LogP contribution in [0, 0.1) is 0 Å². The molecular weight excluding hydrogens is 248 g/mol. The van der Waals surface area contributed by atoms with Crippen LogP contribution in [0.2, 0.25) is 0 Å². The number of carboxylic acid groups (broad SMARTS) is 1. The van der Waals surface area contributed by atoms with Crippen molar-refractivity contribution in [2.75, 3.05) is 5.32 Å². The molecule has 0 bridgehead atoms. The van der Waals surface area contributed by atoms with E-state index in [4.69, 9.17) is 5.11 Å². The predicted molar refractivity (Wildman–Crippen MR) is 72.9 cm³/mol. The Hall–Kier alpha value is -1.88. The first-order valence-electron chi connectivity index (χ1n) is 5.62. The minimum Gasteiger partial charge on any atom is -0.478 e. The Bertz CT molecular complexity index is 546. The number of carboxylic acids is 1. The predicted octanol–water partition coefficient (Wildman–Crippen LogP) is 3.71. The SMILES string of the molecule is CC(C)c1csc(Nc2ccc(C(=O)O)cc2)n1. The summed E-state index contributed by atoms with van der Waals surface area (Å²) in [5.41, 5.74) is 2.18. The monoisotopic (exact) mass is 262 g/mol. The molecule has 0 aliphatic heterocycles. The van der Waals surface area contributed by atoms with Gasteiger partial charge in [0.2, 0.25) is 0 Å². The van der Waals surface area contributed by atoms with Gasteiger partial charge < -0.3 is 10.4 Å². The standard InChI is InChI=1S/C13H14N2O2S/c1-8(2)11-7-18-13(15-11)14-10-5-3-9(4-6-10)12(16)17/h3-8H,1-2H3,(H,14,15)(H,16,17). The van der Waals surface area contributed by atoms with Crippen molar-refractivity contribution >= 4 is 28.1 Å². The quantitative estimate of drug-likeness (QED) is 0.881. The largest absolute Gasteiger partial charge is 0.478 e. The molecule has 2 rings (SSSR count). The van der Waals surface area contributed by atoms with E-state index < -0.39 is 5.97 Å². The molecule has 0 radical (unpaired) electrons. The van der Waals surface area contributed by atoms with Gasteiger partial charge in [-0.1, -0.05) is 13.8 Å². The molecule has 1 heterocycles. The highest BCUT2D eigenvalue weighted by Gasteiger charge is 2.06. The molecule has 0 saturated carbocycles. The van der Waals surface area contributed by atoms with Crippen molar-refractivity contribution in [2.24, 2.45) is 0 Å². The molecule has 0 fully saturated rings. The molecule has 2 aromatic rings. The number of hydrogen-bond donors (Lipinski definition) is 2. The molecule has 94 valence electrons. The van der Waals surface area contributed by atoms with Gasteiger partial charge in [-0.2, -0.15) is 0 Å². The van der Waals surface area contributed by atoms with Crippen LogP contribution in [0.1, 0.15) is 35.8 Å². The van der Waals surface area contributed by atoms with Crippen molar-refractivity contribution in [3.63, 3.8) is 0 Å². The van der Waals surface area contributed by atoms with Gasteiger partial charge >= 0.3 is 5.97 Å². The zero-order chi connectivity index (χ0) is 13.1. The van der Waals surface area contributed by atoms with Gasteiger partial charge in [0.25, 0.3) is 0 Å². The fourth-order valence-corrected chi connectivity index (χ4v) is 2.32. The number of benzene rings is 1. The third kappa shape index (κ3) is 2.87. The molecule has 4 nitrogen and oxygen atoms in total. The lowest BCUT2D eigenvalue weighted by Gasteiger charge is -2.03. The van der Waals surface area contributed by atoms with E-state index in [1.807, 2.05) is 5.38 Å². The van der Waals surface area contributed by atoms with Crippen molar-refractivity contribution < 1.29 is 9.90 Å². The molecule has 0 unspecified atom stereocenters. The topological polar surface area (TPSA) is 62.2 Å². The normalized spacial score (nSPS) is 10.6. The lowest BCUT2D eigenvalue weighted by molar-refractivity contribution is 0.0697. The Morgan fingerprint density at radius 3 is 2.50 bits per heavy atom. The number of anilines is 2. The summed E-state index contributed by atoms with van der Waals surface area (Å²) in [6.07, 6.45) is 0. The van der Waals surface area contributed by atoms with Crippen LogP contribution in [0.15, 0.2) is 29.6 Å². The Morgan fingerprint density at radius 2 is 2.00 bits per heavy atom. The van der Waals surface area contributed by atoms with E-state index in [0.29, 0.717) is 5.92 Å². The van der Waals surface area contributed by atoms with Crippen molar-refractivity contribution in [2.45, 2.75) is 19.8 Å². The summed E-state index contributed by atoms with van der Waals surface area (Å²) in [5, 5.41) is 14.8. The summed E-state index contributed by atoms with van der Waals surface area (Å²) in [6, 6.07) is 6.61. The Balaban J connectivity index is 2.10. The van der Waals surface area contributed by atoms with Crippen molar-refractivity contribution in [3.05, 3.63) is 40.9 Å². The molecule has 0 spiro atoms. The fraction of sp³-hybridized carbons (Fsp3) is 0.231. The Morgan fingerprint density at radius 1 is 1.33 bits per heavy atom. The van der Waals surface area contributed by atoms with Crippen LogP contribution in [0.25, 0.3) is 0 Å². The molecule has 2 N–H and O–H groups in total. The van der Waals surface area contributed by atoms with Gasteiger partial charge in [0.1, 0.15) is 0 Å². The first-order chi connectivity index (χ1) is 8.56. The summed E-state index contributed by atoms with van der Waals surface area (Å²) in [6.45, 7) is 4.20. The van der Waals surface area contributed by atoms with Crippen LogP contribution >= 0.6 is 11.3 Å². The van der Waals surface area contributed by atoms with Gasteiger partial charge in [-0.05, 0) is 30.2 Å². The lowest BCUT2D eigenvalue weighted by atomic mass is 10.2. The van der Waals surface area contributed by atoms with Crippen molar-refractivity contribution in [1.82, 2.24) is 4.98 Å². The Labute approximate surface area is 109 Å². The molecule has 18 heavy (non-hydrogen) atoms. The molecular formula is C13H14N2O2S. The van der Waals surface area contributed by atoms with E-state index in [2.05, 4.69) is 24.1 Å². The van der Waals surface area contributed by atoms with Gasteiger partial charge in [-0.3, -0.25) is 0 Å². The van der Waals surface area contributed by atoms with Crippen LogP contribution in [0.4, 0.5) is 10.8 Å². The maximum absolute atomic E-state index is 10.7. The maximum Gasteiger partial charge on any atom is 0.335 e. The molecule has 1 aromatic heterocycles. The van der Waals surface area contributed by atoms with E-state index in [-0.39, 0.29) is 5.56 Å². The number of thiazole rings is 1. The highest BCUT2D eigenvalue weighted by atomic mass is 32.1. The first kappa shape index (κ1) is 12.6. The fourth-order valence-electron chi connectivity index (χ4n) is 1.43. The number of aromatic carboxylic acids is 1. The van der Waals surface area contributed by atoms with Gasteiger partial charge in [0.15, 0.2) is 5.13 Å². The van der Waals surface area contributed by atoms with E-state index in [9.17, 15) is 4.79 Å². The van der Waals surface area contributed by atoms with Gasteiger partial charge in [-0.25, -0.2) is 9.78 Å². The third-order valence-electron chi connectivity index (χ3n) is 2.50. The van der Waals surface area contributed by atoms with Crippen molar-refractivity contribution in [3.8, 4) is 0 Å². The number of aromatic nitrogens is 1. The van der Waals surface area contributed by atoms with Crippen LogP contribution in [-0.2, 0) is 0 Å². The van der Waals surface area contributed by atoms with Gasteiger partial charge in [-0.15, -0.1) is 11.3 Å². The van der Waals surface area contributed by atoms with Gasteiger partial charge in [0, 0.05) is 11.1 Å². The minimum absolute atomic E-state index is 0.280. The molecule has 5 heteroatoms. The molecule has 0 aliphatic carbocycles. The minimum atomic E-state index is -0.919. The number of hydrogen-bond acceptors (Lipinski definition) is 4. The second kappa shape index (κ2) is 5.18. The second-order valence-electron chi connectivity index (χ2n) is 4.24. The molecule has 0 atom stereocenters. The highest BCUT2D eigenvalue weighted by Crippen LogP contribution is 2.24. The number of nitrogens with one attached hydrogen (secondary N) is 1. The van der Waals surface area contributed by atoms with Crippen LogP contribution < -0.4 is 5.32 Å². The molecule has 0 amide bonds. The molecule has 1 aromatic carbocycles. The maximum atomic E-state index is 10.7. The summed E-state index contributed by atoms with van der Waals surface area (Å²) in [4.78, 5) is 15.2. The smallest absolute Gasteiger partial charge is 0.335 e. The zero-order valence-corrected chi connectivity index (χ0v) is 11.0. The zero-order valence-electron chi connectivity index (χ0n) is 10.2. The van der Waals surface area contributed by atoms with Crippen LogP contribution in [0.3, 0.4) is 0 Å². The summed E-state index contributed by atoms with van der Waals surface area (Å²) < 4.78 is 0. The highest BCUT2D eigenvalue weighted by molar-refractivity contribution is 7.13. The summed E-state index contributed by atoms with van der Waals surface area (Å²) in [7, 11) is 0. The van der Waals surface area contributed by atoms with Crippen molar-refractivity contribution in [1.29, 1.82) is 0 Å². The van der Waals surface area contributed by atoms with Gasteiger partial charge in [0.05, 0.1) is 11.3 Å². The average Bonchev–Trinajstić information content (AvgIpc) is 2.78. The van der Waals surface area contributed by atoms with E-state index in [1.54, 1.807) is 35.6 Å². The van der Waals surface area contributed by atoms with Crippen LogP contribution in [0.5, 0.6) is 0 Å². The summed E-state index contributed by atoms with van der Waals surface area (Å²) in [5.74, 6) is -0.510. The molecule has 0 aliphatic rings. The average molecular weight is 262 g/mol. The number of carbonyl (C=O) groups is 1. The van der Waals surface area contributed by atoms with E-state index in [1.165, 1.54) is 0 Å². The van der Waals surface area contributed by atoms with Crippen LogP contribution in [-0.4, -0.2) is 16.1 Å². The van der Waals surface area contributed by atoms with E-state index >= 15 is 0 Å². The number of nitrogens with zero attached hydrogens (tertiary/aromatic N) is 1. The third-order valence-corrected chi connectivity index (χ3v) is 3.27.